The molecule has 0 radical (unpaired) electrons. The number of alkyl halides is 6. The monoisotopic (exact) mass is 909 g/mol. The van der Waals surface area contributed by atoms with Crippen LogP contribution in [0.5, 0.6) is 5.75 Å². The summed E-state index contributed by atoms with van der Waals surface area (Å²) in [6.07, 6.45) is -4.43. The van der Waals surface area contributed by atoms with E-state index in [1.807, 2.05) is 100 Å². The average Bonchev–Trinajstić information content (AvgIpc) is 3.70. The Bertz CT molecular complexity index is 2060. The lowest BCUT2D eigenvalue weighted by Crippen LogP contribution is -2.41. The number of rotatable bonds is 10. The van der Waals surface area contributed by atoms with Crippen LogP contribution in [0, 0.1) is 0 Å². The zero-order chi connectivity index (χ0) is 41.5. The van der Waals surface area contributed by atoms with Crippen molar-refractivity contribution in [2.75, 3.05) is 0 Å². The summed E-state index contributed by atoms with van der Waals surface area (Å²) in [5.74, 6) is -1.32. The second kappa shape index (κ2) is 18.7. The summed E-state index contributed by atoms with van der Waals surface area (Å²) in [7, 11) is -0.473. The Morgan fingerprint density at radius 3 is 2.09 bits per heavy atom. The van der Waals surface area contributed by atoms with E-state index in [0.717, 1.165) is 43.5 Å². The Labute approximate surface area is 340 Å². The molecule has 0 unspecified atom stereocenters. The van der Waals surface area contributed by atoms with E-state index in [0.29, 0.717) is 11.9 Å². The number of carboxylic acid groups (broad SMARTS) is 1. The normalized spacial score (nSPS) is 14.9. The van der Waals surface area contributed by atoms with E-state index in [2.05, 4.69) is 41.9 Å². The smallest absolute Gasteiger partial charge is 0.481 e. The van der Waals surface area contributed by atoms with Gasteiger partial charge in [-0.3, -0.25) is 4.79 Å². The van der Waals surface area contributed by atoms with Gasteiger partial charge in [0.25, 0.3) is 0 Å². The van der Waals surface area contributed by atoms with Gasteiger partial charge in [-0.1, -0.05) is 98.6 Å². The number of benzene rings is 4. The minimum Gasteiger partial charge on any atom is -0.481 e. The SMILES string of the molecule is CC(C)(C(=O)O)c1cccc(B2OC(C)(C)C(C)(C)O2)c1.FC(F)(F)c1ccc(CNCc2ccc(Br)cc2)o1.FC(F)Oc1ccc2ccccc2c1CBr. The van der Waals surface area contributed by atoms with Crippen LogP contribution >= 0.6 is 31.9 Å². The first-order chi connectivity index (χ1) is 26.1. The lowest BCUT2D eigenvalue weighted by atomic mass is 9.75. The Hall–Kier alpha value is -3.76. The number of fused-ring (bicyclic) bond motifs is 1. The first kappa shape index (κ1) is 45.0. The molecule has 6 rings (SSSR count). The molecular weight excluding hydrogens is 868 g/mol. The van der Waals surface area contributed by atoms with Crippen molar-refractivity contribution < 1.29 is 50.3 Å². The highest BCUT2D eigenvalue weighted by molar-refractivity contribution is 9.10. The molecule has 1 aliphatic heterocycles. The van der Waals surface area contributed by atoms with Crippen LogP contribution in [0.4, 0.5) is 22.0 Å². The van der Waals surface area contributed by atoms with Crippen molar-refractivity contribution in [2.24, 2.45) is 0 Å². The largest absolute Gasteiger partial charge is 0.494 e. The Kier molecular flexibility index (Phi) is 15.0. The van der Waals surface area contributed by atoms with Crippen LogP contribution in [-0.4, -0.2) is 36.0 Å². The van der Waals surface area contributed by atoms with Gasteiger partial charge >= 0.3 is 25.9 Å². The van der Waals surface area contributed by atoms with Crippen molar-refractivity contribution >= 4 is 61.2 Å². The van der Waals surface area contributed by atoms with Crippen LogP contribution in [0.3, 0.4) is 0 Å². The summed E-state index contributed by atoms with van der Waals surface area (Å²) in [5.41, 5.74) is 1.62. The number of carbonyl (C=O) groups is 1. The topological polar surface area (TPSA) is 90.2 Å². The van der Waals surface area contributed by atoms with Gasteiger partial charge in [-0.2, -0.15) is 22.0 Å². The van der Waals surface area contributed by atoms with Crippen LogP contribution in [-0.2, 0) is 44.1 Å². The predicted molar refractivity (Wildman–Crippen MR) is 214 cm³/mol. The molecule has 4 aromatic carbocycles. The maximum Gasteiger partial charge on any atom is 0.494 e. The van der Waals surface area contributed by atoms with Gasteiger partial charge in [0, 0.05) is 21.9 Å². The van der Waals surface area contributed by atoms with Gasteiger partial charge in [0.2, 0.25) is 5.76 Å². The molecule has 0 amide bonds. The highest BCUT2D eigenvalue weighted by Crippen LogP contribution is 2.37. The van der Waals surface area contributed by atoms with E-state index in [-0.39, 0.29) is 18.1 Å². The molecule has 1 aromatic heterocycles. The highest BCUT2D eigenvalue weighted by Gasteiger charge is 2.52. The molecule has 56 heavy (non-hydrogen) atoms. The maximum atomic E-state index is 12.3. The van der Waals surface area contributed by atoms with Gasteiger partial charge in [-0.05, 0) is 99.2 Å². The fourth-order valence-corrected chi connectivity index (χ4v) is 6.24. The number of halogens is 7. The van der Waals surface area contributed by atoms with Gasteiger partial charge in [0.05, 0.1) is 23.2 Å². The minimum absolute atomic E-state index is 0.227. The zero-order valence-electron chi connectivity index (χ0n) is 31.6. The maximum absolute atomic E-state index is 12.3. The van der Waals surface area contributed by atoms with Gasteiger partial charge in [-0.25, -0.2) is 0 Å². The van der Waals surface area contributed by atoms with Crippen LogP contribution in [0.25, 0.3) is 10.8 Å². The zero-order valence-corrected chi connectivity index (χ0v) is 34.8. The molecular formula is C41H43BBr2F5NO6. The molecule has 7 nitrogen and oxygen atoms in total. The van der Waals surface area contributed by atoms with Gasteiger partial charge in [0.15, 0.2) is 0 Å². The molecule has 300 valence electrons. The number of ether oxygens (including phenoxy) is 1. The molecule has 1 saturated heterocycles. The second-order valence-electron chi connectivity index (χ2n) is 14.4. The molecule has 1 aliphatic rings. The van der Waals surface area contributed by atoms with E-state index < -0.39 is 48.3 Å². The molecule has 0 saturated carbocycles. The number of furan rings is 1. The molecule has 0 atom stereocenters. The number of aliphatic carboxylic acids is 1. The first-order valence-corrected chi connectivity index (χ1v) is 19.4. The minimum atomic E-state index is -4.43. The van der Waals surface area contributed by atoms with Gasteiger partial charge < -0.3 is 28.9 Å². The van der Waals surface area contributed by atoms with Crippen molar-refractivity contribution in [1.29, 1.82) is 0 Å². The summed E-state index contributed by atoms with van der Waals surface area (Å²) in [6.45, 7) is 9.41. The van der Waals surface area contributed by atoms with Crippen molar-refractivity contribution in [3.8, 4) is 5.75 Å². The second-order valence-corrected chi connectivity index (χ2v) is 15.9. The fourth-order valence-electron chi connectivity index (χ4n) is 5.39. The summed E-state index contributed by atoms with van der Waals surface area (Å²) in [4.78, 5) is 11.4. The fraction of sp³-hybridized carbons (Fsp3) is 0.341. The number of carboxylic acids is 1. The van der Waals surface area contributed by atoms with Crippen LogP contribution in [0.1, 0.15) is 69.8 Å². The van der Waals surface area contributed by atoms with Crippen molar-refractivity contribution in [3.63, 3.8) is 0 Å². The van der Waals surface area contributed by atoms with E-state index in [1.165, 1.54) is 6.07 Å². The molecule has 0 aliphatic carbocycles. The number of nitrogens with one attached hydrogen (secondary N) is 1. The molecule has 0 bridgehead atoms. The Morgan fingerprint density at radius 1 is 0.875 bits per heavy atom. The third-order valence-corrected chi connectivity index (χ3v) is 10.6. The van der Waals surface area contributed by atoms with Crippen molar-refractivity contribution in [1.82, 2.24) is 5.32 Å². The van der Waals surface area contributed by atoms with E-state index in [4.69, 9.17) is 13.7 Å². The third-order valence-electron chi connectivity index (χ3n) is 9.50. The Balaban J connectivity index is 0.000000188. The third kappa shape index (κ3) is 11.7. The highest BCUT2D eigenvalue weighted by atomic mass is 79.9. The summed E-state index contributed by atoms with van der Waals surface area (Å²) in [6, 6.07) is 28.4. The van der Waals surface area contributed by atoms with Crippen LogP contribution in [0.2, 0.25) is 0 Å². The predicted octanol–water partition coefficient (Wildman–Crippen LogP) is 11.0. The lowest BCUT2D eigenvalue weighted by molar-refractivity contribution is -0.153. The van der Waals surface area contributed by atoms with Crippen LogP contribution < -0.4 is 15.5 Å². The van der Waals surface area contributed by atoms with Crippen molar-refractivity contribution in [2.45, 2.75) is 89.4 Å². The van der Waals surface area contributed by atoms with Crippen LogP contribution in [0.15, 0.2) is 106 Å². The van der Waals surface area contributed by atoms with E-state index in [9.17, 15) is 31.9 Å². The molecule has 2 heterocycles. The lowest BCUT2D eigenvalue weighted by Gasteiger charge is -2.32. The van der Waals surface area contributed by atoms with Gasteiger partial charge in [-0.15, -0.1) is 0 Å². The molecule has 5 aromatic rings. The number of hydrogen-bond acceptors (Lipinski definition) is 6. The van der Waals surface area contributed by atoms with E-state index in [1.54, 1.807) is 26.0 Å². The Morgan fingerprint density at radius 2 is 1.52 bits per heavy atom. The summed E-state index contributed by atoms with van der Waals surface area (Å²) >= 11 is 6.62. The molecule has 0 spiro atoms. The first-order valence-electron chi connectivity index (χ1n) is 17.5. The number of hydrogen-bond donors (Lipinski definition) is 2. The molecule has 15 heteroatoms. The molecule has 2 N–H and O–H groups in total. The standard InChI is InChI=1S/C16H23BO4.C13H11BrF3NO.C12H9BrF2O/c1-14(2,13(18)19)11-8-7-9-12(10-11)17-20-15(3,4)16(5,6)21-17;14-10-3-1-9(2-4-10)7-18-8-11-5-6-12(19-11)13(15,16)17;13-7-10-9-4-2-1-3-8(9)5-6-11(10)16-12(14)15/h7-10H,1-6H3,(H,18,19);1-6,18H,7-8H2;1-6,12H,7H2. The molecule has 1 fully saturated rings. The average molecular weight is 911 g/mol. The van der Waals surface area contributed by atoms with Gasteiger partial charge in [0.1, 0.15) is 11.5 Å². The summed E-state index contributed by atoms with van der Waals surface area (Å²) < 4.78 is 83.5. The summed E-state index contributed by atoms with van der Waals surface area (Å²) in [5, 5.41) is 14.8. The van der Waals surface area contributed by atoms with Crippen molar-refractivity contribution in [3.05, 3.63) is 130 Å². The quantitative estimate of drug-likeness (QED) is 0.0819. The van der Waals surface area contributed by atoms with E-state index >= 15 is 0 Å².